The molecule has 0 spiro atoms. The van der Waals surface area contributed by atoms with Crippen LogP contribution in [0.4, 0.5) is 0 Å². The molecule has 4 aromatic carbocycles. The van der Waals surface area contributed by atoms with Gasteiger partial charge in [0.2, 0.25) is 0 Å². The number of cyclic esters (lactones) is 4. The van der Waals surface area contributed by atoms with Crippen LogP contribution in [0.2, 0.25) is 0 Å². The standard InChI is InChI=1S/C26H12O8/c27-23-17-7-5-15(11-19(17)25(29)33-23)31-21-9-13-3-1-2-4-14(13)10-22(21)32-16-6-8-18-20(12-16)26(30)34-24(18)28/h1-12H. The zero-order chi connectivity index (χ0) is 23.4. The van der Waals surface area contributed by atoms with Crippen molar-refractivity contribution in [1.29, 1.82) is 0 Å². The van der Waals surface area contributed by atoms with E-state index in [-0.39, 0.29) is 22.3 Å². The molecule has 0 radical (unpaired) electrons. The van der Waals surface area contributed by atoms with E-state index in [1.807, 2.05) is 24.3 Å². The molecular formula is C26H12O8. The van der Waals surface area contributed by atoms with E-state index in [1.165, 1.54) is 24.3 Å². The Labute approximate surface area is 191 Å². The van der Waals surface area contributed by atoms with E-state index in [0.717, 1.165) is 10.8 Å². The molecule has 0 N–H and O–H groups in total. The smallest absolute Gasteiger partial charge is 0.347 e. The first-order valence-corrected chi connectivity index (χ1v) is 10.2. The number of hydrogen-bond acceptors (Lipinski definition) is 8. The van der Waals surface area contributed by atoms with Gasteiger partial charge in [0.25, 0.3) is 0 Å². The molecule has 0 bridgehead atoms. The summed E-state index contributed by atoms with van der Waals surface area (Å²) in [5.41, 5.74) is 0.582. The predicted octanol–water partition coefficient (Wildman–Crippen LogP) is 5.05. The van der Waals surface area contributed by atoms with Crippen LogP contribution in [0.25, 0.3) is 10.8 Å². The molecule has 6 rings (SSSR count). The van der Waals surface area contributed by atoms with Gasteiger partial charge in [-0.1, -0.05) is 24.3 Å². The van der Waals surface area contributed by atoms with Gasteiger partial charge in [-0.2, -0.15) is 0 Å². The number of carbonyl (C=O) groups is 4. The molecule has 2 aliphatic rings. The highest BCUT2D eigenvalue weighted by Crippen LogP contribution is 2.40. The fourth-order valence-electron chi connectivity index (χ4n) is 3.87. The fourth-order valence-corrected chi connectivity index (χ4v) is 3.87. The lowest BCUT2D eigenvalue weighted by Crippen LogP contribution is -1.97. The van der Waals surface area contributed by atoms with Gasteiger partial charge in [-0.05, 0) is 59.3 Å². The molecule has 0 aromatic heterocycles. The minimum atomic E-state index is -0.736. The van der Waals surface area contributed by atoms with Crippen LogP contribution in [0.5, 0.6) is 23.0 Å². The van der Waals surface area contributed by atoms with E-state index in [9.17, 15) is 19.2 Å². The van der Waals surface area contributed by atoms with Crippen molar-refractivity contribution < 1.29 is 38.1 Å². The van der Waals surface area contributed by atoms with Gasteiger partial charge in [0, 0.05) is 0 Å². The van der Waals surface area contributed by atoms with Crippen LogP contribution in [-0.2, 0) is 9.47 Å². The predicted molar refractivity (Wildman–Crippen MR) is 116 cm³/mol. The second kappa shape index (κ2) is 7.28. The van der Waals surface area contributed by atoms with Gasteiger partial charge >= 0.3 is 23.9 Å². The van der Waals surface area contributed by atoms with Crippen molar-refractivity contribution >= 4 is 34.6 Å². The van der Waals surface area contributed by atoms with Crippen LogP contribution in [0.1, 0.15) is 41.4 Å². The molecule has 8 nitrogen and oxygen atoms in total. The zero-order valence-corrected chi connectivity index (χ0v) is 17.2. The molecule has 2 heterocycles. The molecule has 0 amide bonds. The third kappa shape index (κ3) is 3.17. The summed E-state index contributed by atoms with van der Waals surface area (Å²) in [6, 6.07) is 20.0. The normalized spacial score (nSPS) is 14.0. The maximum Gasteiger partial charge on any atom is 0.347 e. The molecular weight excluding hydrogens is 440 g/mol. The van der Waals surface area contributed by atoms with Gasteiger partial charge < -0.3 is 18.9 Å². The van der Waals surface area contributed by atoms with Gasteiger partial charge in [0.05, 0.1) is 22.3 Å². The monoisotopic (exact) mass is 452 g/mol. The minimum Gasteiger partial charge on any atom is -0.453 e. The molecule has 8 heteroatoms. The third-order valence-corrected chi connectivity index (χ3v) is 5.50. The SMILES string of the molecule is O=C1OC(=O)c2cc(Oc3cc4ccccc4cc3Oc3ccc4c(c3)C(=O)OC4=O)ccc21. The number of ether oxygens (including phenoxy) is 4. The first-order chi connectivity index (χ1) is 16.5. The summed E-state index contributed by atoms with van der Waals surface area (Å²) < 4.78 is 21.3. The van der Waals surface area contributed by atoms with Crippen molar-refractivity contribution in [3.63, 3.8) is 0 Å². The first kappa shape index (κ1) is 19.7. The maximum absolute atomic E-state index is 11.9. The molecule has 0 aliphatic carbocycles. The van der Waals surface area contributed by atoms with E-state index in [4.69, 9.17) is 9.47 Å². The van der Waals surface area contributed by atoms with Crippen LogP contribution in [-0.4, -0.2) is 23.9 Å². The quantitative estimate of drug-likeness (QED) is 0.313. The molecule has 0 saturated heterocycles. The van der Waals surface area contributed by atoms with Crippen molar-refractivity contribution in [1.82, 2.24) is 0 Å². The van der Waals surface area contributed by atoms with Gasteiger partial charge in [-0.25, -0.2) is 19.2 Å². The Morgan fingerprint density at radius 1 is 0.471 bits per heavy atom. The number of rotatable bonds is 4. The van der Waals surface area contributed by atoms with Crippen LogP contribution in [0.3, 0.4) is 0 Å². The van der Waals surface area contributed by atoms with E-state index in [0.29, 0.717) is 23.0 Å². The number of esters is 4. The largest absolute Gasteiger partial charge is 0.453 e. The summed E-state index contributed by atoms with van der Waals surface area (Å²) in [5.74, 6) is -1.61. The molecule has 0 atom stereocenters. The van der Waals surface area contributed by atoms with E-state index >= 15 is 0 Å². The molecule has 0 saturated carbocycles. The number of carbonyl (C=O) groups excluding carboxylic acids is 4. The van der Waals surface area contributed by atoms with Gasteiger partial charge in [0.1, 0.15) is 11.5 Å². The molecule has 4 aromatic rings. The van der Waals surface area contributed by atoms with Crippen molar-refractivity contribution in [2.75, 3.05) is 0 Å². The Balaban J connectivity index is 1.40. The lowest BCUT2D eigenvalue weighted by molar-refractivity contribution is 0.0425. The van der Waals surface area contributed by atoms with E-state index in [1.54, 1.807) is 24.3 Å². The Morgan fingerprint density at radius 3 is 1.32 bits per heavy atom. The van der Waals surface area contributed by atoms with Crippen LogP contribution < -0.4 is 9.47 Å². The summed E-state index contributed by atoms with van der Waals surface area (Å²) in [7, 11) is 0. The lowest BCUT2D eigenvalue weighted by Gasteiger charge is -2.14. The van der Waals surface area contributed by atoms with Crippen molar-refractivity contribution in [3.05, 3.63) is 95.1 Å². The second-order valence-corrected chi connectivity index (χ2v) is 7.62. The summed E-state index contributed by atoms with van der Waals surface area (Å²) >= 11 is 0. The minimum absolute atomic E-state index is 0.118. The van der Waals surface area contributed by atoms with Gasteiger partial charge in [-0.3, -0.25) is 0 Å². The maximum atomic E-state index is 11.9. The summed E-state index contributed by atoms with van der Waals surface area (Å²) in [6.07, 6.45) is 0. The molecule has 0 unspecified atom stereocenters. The van der Waals surface area contributed by atoms with E-state index < -0.39 is 23.9 Å². The average molecular weight is 452 g/mol. The lowest BCUT2D eigenvalue weighted by atomic mass is 10.1. The summed E-state index contributed by atoms with van der Waals surface area (Å²) in [5, 5.41) is 1.76. The van der Waals surface area contributed by atoms with Gasteiger partial charge in [0.15, 0.2) is 11.5 Å². The highest BCUT2D eigenvalue weighted by Gasteiger charge is 2.31. The van der Waals surface area contributed by atoms with Crippen LogP contribution >= 0.6 is 0 Å². The fraction of sp³-hybridized carbons (Fsp3) is 0. The van der Waals surface area contributed by atoms with Gasteiger partial charge in [-0.15, -0.1) is 0 Å². The number of fused-ring (bicyclic) bond motifs is 3. The Hall–Kier alpha value is -4.98. The highest BCUT2D eigenvalue weighted by atomic mass is 16.6. The van der Waals surface area contributed by atoms with Crippen LogP contribution in [0, 0.1) is 0 Å². The van der Waals surface area contributed by atoms with Crippen molar-refractivity contribution in [2.45, 2.75) is 0 Å². The van der Waals surface area contributed by atoms with Crippen molar-refractivity contribution in [2.24, 2.45) is 0 Å². The molecule has 0 fully saturated rings. The molecule has 34 heavy (non-hydrogen) atoms. The zero-order valence-electron chi connectivity index (χ0n) is 17.2. The summed E-state index contributed by atoms with van der Waals surface area (Å²) in [6.45, 7) is 0. The second-order valence-electron chi connectivity index (χ2n) is 7.62. The van der Waals surface area contributed by atoms with E-state index in [2.05, 4.69) is 9.47 Å². The van der Waals surface area contributed by atoms with Crippen LogP contribution in [0.15, 0.2) is 72.8 Å². The third-order valence-electron chi connectivity index (χ3n) is 5.50. The Kier molecular flexibility index (Phi) is 4.21. The number of hydrogen-bond donors (Lipinski definition) is 0. The molecule has 164 valence electrons. The number of benzene rings is 4. The Morgan fingerprint density at radius 2 is 0.882 bits per heavy atom. The topological polar surface area (TPSA) is 105 Å². The highest BCUT2D eigenvalue weighted by molar-refractivity contribution is 6.15. The van der Waals surface area contributed by atoms with Crippen molar-refractivity contribution in [3.8, 4) is 23.0 Å². The Bertz CT molecular complexity index is 1470. The first-order valence-electron chi connectivity index (χ1n) is 10.2. The average Bonchev–Trinajstić information content (AvgIpc) is 3.27. The summed E-state index contributed by atoms with van der Waals surface area (Å²) in [4.78, 5) is 47.3. The molecule has 2 aliphatic heterocycles.